The van der Waals surface area contributed by atoms with Gasteiger partial charge in [-0.25, -0.2) is 0 Å². The highest BCUT2D eigenvalue weighted by molar-refractivity contribution is 7.99. The van der Waals surface area contributed by atoms with Crippen LogP contribution in [0.2, 0.25) is 0 Å². The van der Waals surface area contributed by atoms with E-state index in [2.05, 4.69) is 22.1 Å². The maximum absolute atomic E-state index is 12.3. The van der Waals surface area contributed by atoms with Gasteiger partial charge in [0.2, 0.25) is 5.91 Å². The fraction of sp³-hybridized carbons (Fsp3) is 0.400. The molecule has 1 aliphatic heterocycles. The van der Waals surface area contributed by atoms with Crippen molar-refractivity contribution in [1.82, 2.24) is 24.6 Å². The molecule has 0 N–H and O–H groups in total. The first-order valence-electron chi connectivity index (χ1n) is 7.28. The molecule has 0 spiro atoms. The number of amides is 1. The minimum atomic E-state index is 0.167. The Labute approximate surface area is 134 Å². The lowest BCUT2D eigenvalue weighted by Crippen LogP contribution is -2.47. The van der Waals surface area contributed by atoms with Gasteiger partial charge in [-0.05, 0) is 19.2 Å². The lowest BCUT2D eigenvalue weighted by atomic mass is 10.3. The molecule has 0 radical (unpaired) electrons. The second-order valence-corrected chi connectivity index (χ2v) is 6.23. The number of hydrogen-bond donors (Lipinski definition) is 0. The maximum atomic E-state index is 12.3. The smallest absolute Gasteiger partial charge is 0.233 e. The lowest BCUT2D eigenvalue weighted by molar-refractivity contribution is -0.129. The van der Waals surface area contributed by atoms with Gasteiger partial charge in [-0.3, -0.25) is 9.36 Å². The Kier molecular flexibility index (Phi) is 4.74. The van der Waals surface area contributed by atoms with Crippen LogP contribution in [0.5, 0.6) is 0 Å². The molecule has 0 bridgehead atoms. The lowest BCUT2D eigenvalue weighted by Gasteiger charge is -2.32. The molecule has 2 aromatic rings. The minimum absolute atomic E-state index is 0.167. The number of rotatable bonds is 4. The minimum Gasteiger partial charge on any atom is -0.339 e. The zero-order chi connectivity index (χ0) is 15.4. The van der Waals surface area contributed by atoms with Crippen molar-refractivity contribution in [3.8, 4) is 5.69 Å². The van der Waals surface area contributed by atoms with Crippen LogP contribution in [-0.4, -0.2) is 69.5 Å². The number of nitrogens with zero attached hydrogens (tertiary/aromatic N) is 5. The summed E-state index contributed by atoms with van der Waals surface area (Å²) in [5, 5.41) is 8.82. The number of para-hydroxylation sites is 1. The van der Waals surface area contributed by atoms with Crippen molar-refractivity contribution in [2.24, 2.45) is 0 Å². The van der Waals surface area contributed by atoms with Gasteiger partial charge in [0.25, 0.3) is 0 Å². The number of benzene rings is 1. The highest BCUT2D eigenvalue weighted by Crippen LogP contribution is 2.19. The molecule has 1 aliphatic rings. The monoisotopic (exact) mass is 317 g/mol. The number of piperazine rings is 1. The number of thioether (sulfide) groups is 1. The highest BCUT2D eigenvalue weighted by atomic mass is 32.2. The van der Waals surface area contributed by atoms with Gasteiger partial charge in [0.15, 0.2) is 5.16 Å². The first-order valence-corrected chi connectivity index (χ1v) is 8.27. The largest absolute Gasteiger partial charge is 0.339 e. The molecule has 1 aromatic heterocycles. The van der Waals surface area contributed by atoms with Crippen LogP contribution in [0, 0.1) is 0 Å². The Bertz CT molecular complexity index is 622. The van der Waals surface area contributed by atoms with E-state index in [0.29, 0.717) is 5.75 Å². The second-order valence-electron chi connectivity index (χ2n) is 5.29. The van der Waals surface area contributed by atoms with E-state index in [4.69, 9.17) is 0 Å². The van der Waals surface area contributed by atoms with Crippen molar-refractivity contribution in [3.63, 3.8) is 0 Å². The number of carbonyl (C=O) groups excluding carboxylic acids is 1. The molecule has 1 amide bonds. The molecular formula is C15H19N5OS. The van der Waals surface area contributed by atoms with E-state index in [1.807, 2.05) is 39.8 Å². The number of hydrogen-bond acceptors (Lipinski definition) is 5. The van der Waals surface area contributed by atoms with Crippen LogP contribution >= 0.6 is 11.8 Å². The SMILES string of the molecule is CN1CCN(C(=O)CSc2nncn2-c2ccccc2)CC1. The summed E-state index contributed by atoms with van der Waals surface area (Å²) in [6.07, 6.45) is 1.68. The molecule has 1 aromatic carbocycles. The highest BCUT2D eigenvalue weighted by Gasteiger charge is 2.19. The van der Waals surface area contributed by atoms with Crippen LogP contribution < -0.4 is 0 Å². The Morgan fingerprint density at radius 1 is 1.18 bits per heavy atom. The number of aromatic nitrogens is 3. The zero-order valence-corrected chi connectivity index (χ0v) is 13.4. The molecule has 3 rings (SSSR count). The average molecular weight is 317 g/mol. The third-order valence-electron chi connectivity index (χ3n) is 3.73. The molecule has 0 atom stereocenters. The summed E-state index contributed by atoms with van der Waals surface area (Å²) in [5.74, 6) is 0.565. The summed E-state index contributed by atoms with van der Waals surface area (Å²) < 4.78 is 1.90. The van der Waals surface area contributed by atoms with Crippen LogP contribution in [0.1, 0.15) is 0 Å². The van der Waals surface area contributed by atoms with Gasteiger partial charge in [0.1, 0.15) is 6.33 Å². The summed E-state index contributed by atoms with van der Waals surface area (Å²) >= 11 is 1.44. The Hall–Kier alpha value is -1.86. The predicted molar refractivity (Wildman–Crippen MR) is 86.2 cm³/mol. The van der Waals surface area contributed by atoms with E-state index in [-0.39, 0.29) is 5.91 Å². The fourth-order valence-corrected chi connectivity index (χ4v) is 3.19. The van der Waals surface area contributed by atoms with Gasteiger partial charge in [-0.1, -0.05) is 30.0 Å². The second kappa shape index (κ2) is 6.93. The molecule has 1 fully saturated rings. The quantitative estimate of drug-likeness (QED) is 0.792. The molecule has 6 nitrogen and oxygen atoms in total. The first-order chi connectivity index (χ1) is 10.7. The maximum Gasteiger partial charge on any atom is 0.233 e. The predicted octanol–water partition coefficient (Wildman–Crippen LogP) is 1.13. The number of likely N-dealkylation sites (N-methyl/N-ethyl adjacent to an activating group) is 1. The third-order valence-corrected chi connectivity index (χ3v) is 4.66. The summed E-state index contributed by atoms with van der Waals surface area (Å²) in [6, 6.07) is 9.90. The first kappa shape index (κ1) is 15.1. The fourth-order valence-electron chi connectivity index (χ4n) is 2.36. The van der Waals surface area contributed by atoms with Crippen LogP contribution in [0.3, 0.4) is 0 Å². The molecule has 22 heavy (non-hydrogen) atoms. The summed E-state index contributed by atoms with van der Waals surface area (Å²) in [6.45, 7) is 3.50. The van der Waals surface area contributed by atoms with Crippen LogP contribution in [-0.2, 0) is 4.79 Å². The van der Waals surface area contributed by atoms with Crippen LogP contribution in [0.4, 0.5) is 0 Å². The van der Waals surface area contributed by atoms with Gasteiger partial charge in [-0.15, -0.1) is 10.2 Å². The van der Waals surface area contributed by atoms with Crippen molar-refractivity contribution < 1.29 is 4.79 Å². The van der Waals surface area contributed by atoms with Gasteiger partial charge in [0, 0.05) is 31.9 Å². The molecule has 7 heteroatoms. The Morgan fingerprint density at radius 3 is 2.64 bits per heavy atom. The van der Waals surface area contributed by atoms with Crippen molar-refractivity contribution in [2.45, 2.75) is 5.16 Å². The van der Waals surface area contributed by atoms with E-state index in [0.717, 1.165) is 37.0 Å². The summed E-state index contributed by atoms with van der Waals surface area (Å²) in [7, 11) is 2.08. The summed E-state index contributed by atoms with van der Waals surface area (Å²) in [5.41, 5.74) is 1.00. The number of carbonyl (C=O) groups is 1. The van der Waals surface area contributed by atoms with Gasteiger partial charge < -0.3 is 9.80 Å². The standard InChI is InChI=1S/C15H19N5OS/c1-18-7-9-19(10-8-18)14(21)11-22-15-17-16-12-20(15)13-5-3-2-4-6-13/h2-6,12H,7-11H2,1H3. The van der Waals surface area contributed by atoms with E-state index in [9.17, 15) is 4.79 Å². The average Bonchev–Trinajstić information content (AvgIpc) is 3.02. The molecule has 2 heterocycles. The van der Waals surface area contributed by atoms with E-state index >= 15 is 0 Å². The van der Waals surface area contributed by atoms with Crippen molar-refractivity contribution in [3.05, 3.63) is 36.7 Å². The molecule has 0 saturated carbocycles. The topological polar surface area (TPSA) is 54.3 Å². The van der Waals surface area contributed by atoms with Crippen molar-refractivity contribution in [2.75, 3.05) is 39.0 Å². The molecule has 116 valence electrons. The summed E-state index contributed by atoms with van der Waals surface area (Å²) in [4.78, 5) is 16.4. The van der Waals surface area contributed by atoms with Crippen molar-refractivity contribution in [1.29, 1.82) is 0 Å². The molecule has 1 saturated heterocycles. The molecule has 0 unspecified atom stereocenters. The van der Waals surface area contributed by atoms with E-state index in [1.54, 1.807) is 6.33 Å². The van der Waals surface area contributed by atoms with Gasteiger partial charge >= 0.3 is 0 Å². The van der Waals surface area contributed by atoms with E-state index in [1.165, 1.54) is 11.8 Å². The van der Waals surface area contributed by atoms with Gasteiger partial charge in [0.05, 0.1) is 5.75 Å². The van der Waals surface area contributed by atoms with Gasteiger partial charge in [-0.2, -0.15) is 0 Å². The third kappa shape index (κ3) is 3.48. The van der Waals surface area contributed by atoms with Crippen LogP contribution in [0.15, 0.2) is 41.8 Å². The normalized spacial score (nSPS) is 16.0. The van der Waals surface area contributed by atoms with E-state index < -0.39 is 0 Å². The molecule has 0 aliphatic carbocycles. The van der Waals surface area contributed by atoms with Crippen molar-refractivity contribution >= 4 is 17.7 Å². The van der Waals surface area contributed by atoms with Crippen LogP contribution in [0.25, 0.3) is 5.69 Å². The zero-order valence-electron chi connectivity index (χ0n) is 12.6. The Morgan fingerprint density at radius 2 is 1.91 bits per heavy atom. The molecular weight excluding hydrogens is 298 g/mol. The Balaban J connectivity index is 1.61.